The van der Waals surface area contributed by atoms with Gasteiger partial charge < -0.3 is 0 Å². The van der Waals surface area contributed by atoms with Crippen LogP contribution >= 0.6 is 11.6 Å². The quantitative estimate of drug-likeness (QED) is 0.379. The molecule has 0 saturated heterocycles. The molecule has 172 valence electrons. The van der Waals surface area contributed by atoms with E-state index >= 15 is 0 Å². The van der Waals surface area contributed by atoms with Crippen molar-refractivity contribution < 1.29 is 26.0 Å². The summed E-state index contributed by atoms with van der Waals surface area (Å²) in [6, 6.07) is 12.5. The molecule has 6 nitrogen and oxygen atoms in total. The van der Waals surface area contributed by atoms with E-state index in [0.29, 0.717) is 23.2 Å². The highest BCUT2D eigenvalue weighted by Gasteiger charge is 2.35. The molecule has 0 aliphatic heterocycles. The van der Waals surface area contributed by atoms with Gasteiger partial charge in [-0.3, -0.25) is 19.3 Å². The minimum absolute atomic E-state index is 0.0462. The molecule has 0 radical (unpaired) electrons. The predicted octanol–water partition coefficient (Wildman–Crippen LogP) is 4.99. The second kappa shape index (κ2) is 8.23. The van der Waals surface area contributed by atoms with E-state index < -0.39 is 38.0 Å². The van der Waals surface area contributed by atoms with Gasteiger partial charge in [-0.2, -0.15) is 13.2 Å². The van der Waals surface area contributed by atoms with Crippen molar-refractivity contribution in [1.82, 2.24) is 9.78 Å². The lowest BCUT2D eigenvalue weighted by Gasteiger charge is -2.12. The van der Waals surface area contributed by atoms with Crippen molar-refractivity contribution in [3.05, 3.63) is 93.0 Å². The van der Waals surface area contributed by atoms with Gasteiger partial charge in [0.15, 0.2) is 0 Å². The van der Waals surface area contributed by atoms with Crippen LogP contribution in [0.25, 0.3) is 10.9 Å². The lowest BCUT2D eigenvalue weighted by Crippen LogP contribution is -2.16. The number of anilines is 1. The molecule has 12 heteroatoms. The number of benzene rings is 3. The molecule has 0 aliphatic carbocycles. The number of H-pyrrole nitrogens is 1. The molecule has 3 aromatic carbocycles. The fraction of sp³-hybridized carbons (Fsp3) is 0.0952. The summed E-state index contributed by atoms with van der Waals surface area (Å²) in [5.74, 6) is -1.59. The van der Waals surface area contributed by atoms with Gasteiger partial charge in [0.1, 0.15) is 5.82 Å². The van der Waals surface area contributed by atoms with Crippen LogP contribution in [0.2, 0.25) is 5.02 Å². The first-order valence-electron chi connectivity index (χ1n) is 9.31. The van der Waals surface area contributed by atoms with Crippen molar-refractivity contribution >= 4 is 38.2 Å². The lowest BCUT2D eigenvalue weighted by molar-refractivity contribution is -0.140. The first kappa shape index (κ1) is 22.9. The number of nitrogens with zero attached hydrogens (tertiary/aromatic N) is 1. The zero-order valence-corrected chi connectivity index (χ0v) is 18.0. The van der Waals surface area contributed by atoms with Gasteiger partial charge in [-0.15, -0.1) is 0 Å². The summed E-state index contributed by atoms with van der Waals surface area (Å²) in [5, 5.41) is 3.38. The summed E-state index contributed by atoms with van der Waals surface area (Å²) in [7, 11) is -4.49. The number of alkyl halides is 3. The smallest absolute Gasteiger partial charge is 0.280 e. The molecule has 2 N–H and O–H groups in total. The Balaban J connectivity index is 1.65. The van der Waals surface area contributed by atoms with E-state index in [1.165, 1.54) is 18.2 Å². The molecule has 1 heterocycles. The number of fused-ring (bicyclic) bond motifs is 1. The Bertz CT molecular complexity index is 1510. The van der Waals surface area contributed by atoms with Crippen LogP contribution in [0.3, 0.4) is 0 Å². The van der Waals surface area contributed by atoms with Crippen molar-refractivity contribution in [2.75, 3.05) is 4.72 Å². The van der Waals surface area contributed by atoms with Crippen LogP contribution in [-0.4, -0.2) is 18.2 Å². The molecule has 0 atom stereocenters. The van der Waals surface area contributed by atoms with E-state index in [9.17, 15) is 30.8 Å². The van der Waals surface area contributed by atoms with E-state index in [4.69, 9.17) is 11.6 Å². The van der Waals surface area contributed by atoms with Crippen molar-refractivity contribution in [2.24, 2.45) is 0 Å². The van der Waals surface area contributed by atoms with Crippen LogP contribution in [0, 0.1) is 5.82 Å². The van der Waals surface area contributed by atoms with Crippen molar-refractivity contribution in [1.29, 1.82) is 0 Å². The van der Waals surface area contributed by atoms with Gasteiger partial charge in [0.05, 0.1) is 27.9 Å². The molecule has 0 unspecified atom stereocenters. The minimum atomic E-state index is -5.06. The number of hydrogen-bond donors (Lipinski definition) is 2. The molecular weight excluding hydrogens is 486 g/mol. The Labute approximate surface area is 189 Å². The van der Waals surface area contributed by atoms with Crippen LogP contribution in [0.1, 0.15) is 11.1 Å². The number of rotatable bonds is 5. The molecule has 4 rings (SSSR count). The summed E-state index contributed by atoms with van der Waals surface area (Å²) < 4.78 is 81.2. The zero-order chi connectivity index (χ0) is 24.0. The van der Waals surface area contributed by atoms with Gasteiger partial charge >= 0.3 is 6.18 Å². The van der Waals surface area contributed by atoms with Crippen LogP contribution < -0.4 is 10.3 Å². The SMILES string of the molecule is O=c1[nH]n(Cc2ccc(Cl)cc2)c2ccc(NS(=O)(=O)c3ccc(F)c(C(F)(F)F)c3)cc12. The van der Waals surface area contributed by atoms with E-state index in [1.54, 1.807) is 28.9 Å². The third-order valence-corrected chi connectivity index (χ3v) is 6.46. The fourth-order valence-corrected chi connectivity index (χ4v) is 4.46. The first-order valence-corrected chi connectivity index (χ1v) is 11.2. The normalized spacial score (nSPS) is 12.3. The highest BCUT2D eigenvalue weighted by molar-refractivity contribution is 7.92. The van der Waals surface area contributed by atoms with Gasteiger partial charge in [-0.05, 0) is 54.1 Å². The third kappa shape index (κ3) is 4.74. The standard InChI is InChI=1S/C21H14ClF4N3O3S/c22-13-3-1-12(2-4-13)11-29-19-8-5-14(9-16(19)20(30)27-29)28-33(31,32)15-6-7-18(23)17(10-15)21(24,25)26/h1-10,28H,11H2,(H,27,30). The topological polar surface area (TPSA) is 84.0 Å². The van der Waals surface area contributed by atoms with Gasteiger partial charge in [0.25, 0.3) is 15.6 Å². The predicted molar refractivity (Wildman–Crippen MR) is 115 cm³/mol. The molecule has 4 aromatic rings. The molecule has 0 amide bonds. The number of sulfonamides is 1. The largest absolute Gasteiger partial charge is 0.419 e. The van der Waals surface area contributed by atoms with E-state index in [1.807, 2.05) is 0 Å². The van der Waals surface area contributed by atoms with Crippen LogP contribution in [-0.2, 0) is 22.7 Å². The molecule has 1 aromatic heterocycles. The Hall–Kier alpha value is -3.31. The molecular formula is C21H14ClF4N3O3S. The third-order valence-electron chi connectivity index (χ3n) is 4.83. The van der Waals surface area contributed by atoms with E-state index in [2.05, 4.69) is 9.82 Å². The fourth-order valence-electron chi connectivity index (χ4n) is 3.26. The number of halogens is 5. The van der Waals surface area contributed by atoms with Gasteiger partial charge in [0.2, 0.25) is 0 Å². The Morgan fingerprint density at radius 1 is 1.00 bits per heavy atom. The zero-order valence-electron chi connectivity index (χ0n) is 16.5. The average Bonchev–Trinajstić information content (AvgIpc) is 3.03. The summed E-state index contributed by atoms with van der Waals surface area (Å²) in [4.78, 5) is 11.6. The summed E-state index contributed by atoms with van der Waals surface area (Å²) >= 11 is 5.87. The second-order valence-corrected chi connectivity index (χ2v) is 9.25. The first-order chi connectivity index (χ1) is 15.4. The van der Waals surface area contributed by atoms with Crippen LogP contribution in [0.5, 0.6) is 0 Å². The van der Waals surface area contributed by atoms with E-state index in [0.717, 1.165) is 11.6 Å². The molecule has 0 bridgehead atoms. The number of hydrogen-bond acceptors (Lipinski definition) is 3. The van der Waals surface area contributed by atoms with Gasteiger partial charge in [-0.1, -0.05) is 23.7 Å². The second-order valence-electron chi connectivity index (χ2n) is 7.13. The molecule has 0 fully saturated rings. The maximum atomic E-state index is 13.5. The van der Waals surface area contributed by atoms with Crippen molar-refractivity contribution in [3.8, 4) is 0 Å². The summed E-state index contributed by atoms with van der Waals surface area (Å²) in [6.45, 7) is 0.316. The van der Waals surface area contributed by atoms with Gasteiger partial charge in [0, 0.05) is 10.7 Å². The van der Waals surface area contributed by atoms with Crippen molar-refractivity contribution in [2.45, 2.75) is 17.6 Å². The monoisotopic (exact) mass is 499 g/mol. The van der Waals surface area contributed by atoms with Gasteiger partial charge in [-0.25, -0.2) is 12.8 Å². The lowest BCUT2D eigenvalue weighted by atomic mass is 10.2. The molecule has 0 saturated carbocycles. The van der Waals surface area contributed by atoms with E-state index in [-0.39, 0.29) is 17.1 Å². The number of aromatic amines is 1. The minimum Gasteiger partial charge on any atom is -0.280 e. The molecule has 0 aliphatic rings. The Kier molecular flexibility index (Phi) is 5.71. The van der Waals surface area contributed by atoms with Crippen LogP contribution in [0.4, 0.5) is 23.2 Å². The molecule has 0 spiro atoms. The maximum Gasteiger partial charge on any atom is 0.419 e. The van der Waals surface area contributed by atoms with Crippen LogP contribution in [0.15, 0.2) is 70.4 Å². The molecule has 33 heavy (non-hydrogen) atoms. The number of nitrogens with one attached hydrogen (secondary N) is 2. The average molecular weight is 500 g/mol. The van der Waals surface area contributed by atoms with Crippen molar-refractivity contribution in [3.63, 3.8) is 0 Å². The summed E-state index contributed by atoms with van der Waals surface area (Å²) in [5.41, 5.74) is -0.888. The number of aromatic nitrogens is 2. The Morgan fingerprint density at radius 2 is 1.70 bits per heavy atom. The maximum absolute atomic E-state index is 13.5. The highest BCUT2D eigenvalue weighted by atomic mass is 35.5. The highest BCUT2D eigenvalue weighted by Crippen LogP contribution is 2.33. The Morgan fingerprint density at radius 3 is 2.36 bits per heavy atom. The summed E-state index contributed by atoms with van der Waals surface area (Å²) in [6.07, 6.45) is -5.06.